The highest BCUT2D eigenvalue weighted by Crippen LogP contribution is 2.40. The highest BCUT2D eigenvalue weighted by Gasteiger charge is 2.26. The average Bonchev–Trinajstić information content (AvgIpc) is 3.22. The molecule has 1 fully saturated rings. The molecule has 1 N–H and O–H groups in total. The molecule has 0 amide bonds. The van der Waals surface area contributed by atoms with E-state index in [0.29, 0.717) is 0 Å². The zero-order valence-corrected chi connectivity index (χ0v) is 14.8. The van der Waals surface area contributed by atoms with E-state index >= 15 is 0 Å². The van der Waals surface area contributed by atoms with Crippen molar-refractivity contribution in [3.8, 4) is 5.82 Å². The number of hydrogen-bond acceptors (Lipinski definition) is 5. The summed E-state index contributed by atoms with van der Waals surface area (Å²) in [6.45, 7) is 5.05. The minimum absolute atomic E-state index is 0.218. The van der Waals surface area contributed by atoms with Crippen molar-refractivity contribution in [2.75, 3.05) is 0 Å². The van der Waals surface area contributed by atoms with Gasteiger partial charge in [0.15, 0.2) is 5.82 Å². The Morgan fingerprint density at radius 3 is 3.00 bits per heavy atom. The third-order valence-corrected chi connectivity index (χ3v) is 5.37. The van der Waals surface area contributed by atoms with Gasteiger partial charge in [0.25, 0.3) is 0 Å². The Hall–Kier alpha value is -2.05. The molecule has 1 unspecified atom stereocenters. The molecule has 1 aliphatic carbocycles. The van der Waals surface area contributed by atoms with Crippen molar-refractivity contribution in [2.45, 2.75) is 45.2 Å². The normalized spacial score (nSPS) is 15.6. The molecule has 0 saturated heterocycles. The van der Waals surface area contributed by atoms with E-state index in [1.165, 1.54) is 29.1 Å². The highest BCUT2D eigenvalue weighted by atomic mass is 32.1. The summed E-state index contributed by atoms with van der Waals surface area (Å²) in [5.41, 5.74) is 3.59. The van der Waals surface area contributed by atoms with Gasteiger partial charge in [-0.15, -0.1) is 11.3 Å². The third kappa shape index (κ3) is 3.12. The predicted molar refractivity (Wildman–Crippen MR) is 95.4 cm³/mol. The molecule has 6 heteroatoms. The zero-order valence-electron chi connectivity index (χ0n) is 13.9. The molecule has 5 nitrogen and oxygen atoms in total. The lowest BCUT2D eigenvalue weighted by Gasteiger charge is -2.13. The SMILES string of the molecule is Cc1c(C(C)NCc2nc(C3CC3)cs2)cnn1-c1ccccn1. The van der Waals surface area contributed by atoms with E-state index < -0.39 is 0 Å². The molecular weight excluding hydrogens is 318 g/mol. The highest BCUT2D eigenvalue weighted by molar-refractivity contribution is 7.09. The summed E-state index contributed by atoms with van der Waals surface area (Å²) in [5, 5.41) is 11.4. The number of rotatable bonds is 6. The number of nitrogens with zero attached hydrogens (tertiary/aromatic N) is 4. The first-order chi connectivity index (χ1) is 11.7. The lowest BCUT2D eigenvalue weighted by molar-refractivity contribution is 0.569. The van der Waals surface area contributed by atoms with E-state index in [9.17, 15) is 0 Å². The van der Waals surface area contributed by atoms with Crippen molar-refractivity contribution >= 4 is 11.3 Å². The first kappa shape index (κ1) is 15.5. The van der Waals surface area contributed by atoms with Gasteiger partial charge in [-0.05, 0) is 38.8 Å². The van der Waals surface area contributed by atoms with Gasteiger partial charge in [-0.3, -0.25) is 0 Å². The van der Waals surface area contributed by atoms with Crippen LogP contribution in [0.4, 0.5) is 0 Å². The fourth-order valence-corrected chi connectivity index (χ4v) is 3.71. The molecule has 0 aromatic carbocycles. The summed E-state index contributed by atoms with van der Waals surface area (Å²) in [5.74, 6) is 1.58. The summed E-state index contributed by atoms with van der Waals surface area (Å²) < 4.78 is 1.89. The first-order valence-electron chi connectivity index (χ1n) is 8.36. The zero-order chi connectivity index (χ0) is 16.5. The van der Waals surface area contributed by atoms with Crippen LogP contribution >= 0.6 is 11.3 Å². The van der Waals surface area contributed by atoms with Gasteiger partial charge in [-0.2, -0.15) is 5.10 Å². The minimum Gasteiger partial charge on any atom is -0.304 e. The maximum absolute atomic E-state index is 4.74. The van der Waals surface area contributed by atoms with Crippen LogP contribution in [0.25, 0.3) is 5.82 Å². The molecule has 124 valence electrons. The van der Waals surface area contributed by atoms with Gasteiger partial charge in [-0.1, -0.05) is 6.07 Å². The van der Waals surface area contributed by atoms with Crippen molar-refractivity contribution in [1.82, 2.24) is 25.1 Å². The molecule has 1 saturated carbocycles. The fourth-order valence-electron chi connectivity index (χ4n) is 2.88. The van der Waals surface area contributed by atoms with Crippen molar-refractivity contribution in [3.63, 3.8) is 0 Å². The lowest BCUT2D eigenvalue weighted by Crippen LogP contribution is -2.18. The lowest BCUT2D eigenvalue weighted by atomic mass is 10.1. The minimum atomic E-state index is 0.218. The second kappa shape index (κ2) is 6.45. The van der Waals surface area contributed by atoms with E-state index in [-0.39, 0.29) is 6.04 Å². The van der Waals surface area contributed by atoms with Crippen LogP contribution in [0, 0.1) is 6.92 Å². The molecular formula is C18H21N5S. The van der Waals surface area contributed by atoms with E-state index in [0.717, 1.165) is 24.0 Å². The molecule has 4 rings (SSSR count). The Morgan fingerprint density at radius 2 is 2.25 bits per heavy atom. The number of thiazole rings is 1. The van der Waals surface area contributed by atoms with Crippen LogP contribution in [-0.4, -0.2) is 19.7 Å². The fraction of sp³-hybridized carbons (Fsp3) is 0.389. The largest absolute Gasteiger partial charge is 0.304 e. The number of pyridine rings is 1. The standard InChI is InChI=1S/C18H21N5S/c1-12(20-10-18-22-16(11-24-18)14-6-7-14)15-9-21-23(13(15)2)17-5-3-4-8-19-17/h3-5,8-9,11-12,14,20H,6-7,10H2,1-2H3. The maximum Gasteiger partial charge on any atom is 0.153 e. The second-order valence-corrected chi connectivity index (χ2v) is 7.27. The van der Waals surface area contributed by atoms with Crippen molar-refractivity contribution in [1.29, 1.82) is 0 Å². The van der Waals surface area contributed by atoms with Gasteiger partial charge in [-0.25, -0.2) is 14.6 Å². The summed E-state index contributed by atoms with van der Waals surface area (Å²) in [6, 6.07) is 6.08. The molecule has 3 heterocycles. The third-order valence-electron chi connectivity index (χ3n) is 4.51. The smallest absolute Gasteiger partial charge is 0.153 e. The van der Waals surface area contributed by atoms with Crippen LogP contribution in [0.2, 0.25) is 0 Å². The molecule has 3 aromatic rings. The van der Waals surface area contributed by atoms with Crippen LogP contribution < -0.4 is 5.32 Å². The Kier molecular flexibility index (Phi) is 4.16. The van der Waals surface area contributed by atoms with Crippen LogP contribution in [0.1, 0.15) is 53.7 Å². The topological polar surface area (TPSA) is 55.6 Å². The van der Waals surface area contributed by atoms with Crippen molar-refractivity contribution in [2.24, 2.45) is 0 Å². The second-order valence-electron chi connectivity index (χ2n) is 6.33. The van der Waals surface area contributed by atoms with Gasteiger partial charge in [0, 0.05) is 41.3 Å². The Bertz CT molecular complexity index is 819. The Labute approximate surface area is 145 Å². The quantitative estimate of drug-likeness (QED) is 0.743. The molecule has 0 radical (unpaired) electrons. The molecule has 0 aliphatic heterocycles. The van der Waals surface area contributed by atoms with Crippen molar-refractivity contribution < 1.29 is 0 Å². The monoisotopic (exact) mass is 339 g/mol. The van der Waals surface area contributed by atoms with E-state index in [2.05, 4.69) is 34.6 Å². The van der Waals surface area contributed by atoms with Crippen molar-refractivity contribution in [3.05, 3.63) is 57.9 Å². The molecule has 1 aliphatic rings. The van der Waals surface area contributed by atoms with Gasteiger partial charge in [0.1, 0.15) is 5.01 Å². The predicted octanol–water partition coefficient (Wildman–Crippen LogP) is 3.76. The average molecular weight is 339 g/mol. The molecule has 3 aromatic heterocycles. The summed E-state index contributed by atoms with van der Waals surface area (Å²) in [4.78, 5) is 9.11. The molecule has 0 spiro atoms. The van der Waals surface area contributed by atoms with Gasteiger partial charge in [0.05, 0.1) is 11.9 Å². The van der Waals surface area contributed by atoms with Crippen LogP contribution in [0.15, 0.2) is 36.0 Å². The van der Waals surface area contributed by atoms with Crippen LogP contribution in [0.3, 0.4) is 0 Å². The molecule has 24 heavy (non-hydrogen) atoms. The summed E-state index contributed by atoms with van der Waals surface area (Å²) in [7, 11) is 0. The maximum atomic E-state index is 4.74. The van der Waals surface area contributed by atoms with Gasteiger partial charge >= 0.3 is 0 Å². The molecule has 1 atom stereocenters. The van der Waals surface area contributed by atoms with Crippen LogP contribution in [-0.2, 0) is 6.54 Å². The number of hydrogen-bond donors (Lipinski definition) is 1. The molecule has 0 bridgehead atoms. The van der Waals surface area contributed by atoms with Gasteiger partial charge in [0.2, 0.25) is 0 Å². The van der Waals surface area contributed by atoms with E-state index in [1.54, 1.807) is 17.5 Å². The number of aromatic nitrogens is 4. The van der Waals surface area contributed by atoms with Gasteiger partial charge < -0.3 is 5.32 Å². The summed E-state index contributed by atoms with van der Waals surface area (Å²) in [6.07, 6.45) is 6.33. The van der Waals surface area contributed by atoms with Crippen LogP contribution in [0.5, 0.6) is 0 Å². The Balaban J connectivity index is 1.44. The summed E-state index contributed by atoms with van der Waals surface area (Å²) >= 11 is 1.76. The van der Waals surface area contributed by atoms with E-state index in [4.69, 9.17) is 4.98 Å². The number of nitrogens with one attached hydrogen (secondary N) is 1. The Morgan fingerprint density at radius 1 is 1.38 bits per heavy atom. The van der Waals surface area contributed by atoms with E-state index in [1.807, 2.05) is 29.1 Å². The first-order valence-corrected chi connectivity index (χ1v) is 9.24.